The Balaban J connectivity index is 2.70. The van der Waals surface area contributed by atoms with Crippen molar-refractivity contribution in [3.63, 3.8) is 0 Å². The number of hydrogen-bond acceptors (Lipinski definition) is 2. The van der Waals surface area contributed by atoms with Gasteiger partial charge < -0.3 is 5.32 Å². The third-order valence-electron chi connectivity index (χ3n) is 1.46. The highest BCUT2D eigenvalue weighted by Crippen LogP contribution is 2.04. The predicted octanol–water partition coefficient (Wildman–Crippen LogP) is 1.86. The van der Waals surface area contributed by atoms with Gasteiger partial charge in [-0.3, -0.25) is 9.78 Å². The number of nitrogens with zero attached hydrogens (tertiary/aromatic N) is 1. The van der Waals surface area contributed by atoms with Crippen LogP contribution in [0.2, 0.25) is 0 Å². The van der Waals surface area contributed by atoms with Gasteiger partial charge in [0, 0.05) is 17.2 Å². The molecule has 0 atom stereocenters. The third-order valence-corrected chi connectivity index (χ3v) is 1.74. The van der Waals surface area contributed by atoms with Gasteiger partial charge in [0.2, 0.25) is 0 Å². The lowest BCUT2D eigenvalue weighted by molar-refractivity contribution is 0.0953. The summed E-state index contributed by atoms with van der Waals surface area (Å²) in [6.45, 7) is 3.80. The Morgan fingerprint density at radius 1 is 1.71 bits per heavy atom. The van der Waals surface area contributed by atoms with Gasteiger partial charge >= 0.3 is 0 Å². The van der Waals surface area contributed by atoms with Crippen LogP contribution in [0.25, 0.3) is 0 Å². The van der Waals surface area contributed by atoms with E-state index >= 15 is 0 Å². The minimum Gasteiger partial charge on any atom is -0.347 e. The van der Waals surface area contributed by atoms with Crippen molar-refractivity contribution >= 4 is 21.8 Å². The van der Waals surface area contributed by atoms with E-state index in [9.17, 15) is 9.18 Å². The molecular formula is C9H8BrFN2O. The molecule has 3 nitrogen and oxygen atoms in total. The van der Waals surface area contributed by atoms with Crippen LogP contribution in [0.3, 0.4) is 0 Å². The minimum absolute atomic E-state index is 0.0197. The van der Waals surface area contributed by atoms with E-state index in [0.717, 1.165) is 6.20 Å². The number of aromatic nitrogens is 1. The first-order chi connectivity index (χ1) is 6.61. The maximum atomic E-state index is 13.0. The van der Waals surface area contributed by atoms with E-state index in [4.69, 9.17) is 0 Å². The number of rotatable bonds is 3. The molecule has 1 amide bonds. The zero-order valence-corrected chi connectivity index (χ0v) is 8.84. The van der Waals surface area contributed by atoms with Crippen LogP contribution in [0.4, 0.5) is 4.39 Å². The number of carbonyl (C=O) groups is 1. The highest BCUT2D eigenvalue weighted by molar-refractivity contribution is 9.11. The maximum Gasteiger partial charge on any atom is 0.254 e. The monoisotopic (exact) mass is 258 g/mol. The van der Waals surface area contributed by atoms with Crippen LogP contribution >= 0.6 is 15.9 Å². The van der Waals surface area contributed by atoms with E-state index in [1.54, 1.807) is 0 Å². The van der Waals surface area contributed by atoms with E-state index in [-0.39, 0.29) is 12.1 Å². The molecule has 0 unspecified atom stereocenters. The summed E-state index contributed by atoms with van der Waals surface area (Å²) in [6, 6.07) is 1.32. The minimum atomic E-state index is -0.634. The Kier molecular flexibility index (Phi) is 3.76. The average molecular weight is 259 g/mol. The fourth-order valence-corrected chi connectivity index (χ4v) is 0.971. The lowest BCUT2D eigenvalue weighted by Gasteiger charge is -2.03. The molecule has 0 fully saturated rings. The Bertz CT molecular complexity index is 368. The van der Waals surface area contributed by atoms with Crippen molar-refractivity contribution in [3.8, 4) is 0 Å². The Morgan fingerprint density at radius 3 is 3.00 bits per heavy atom. The van der Waals surface area contributed by atoms with Gasteiger partial charge in [-0.05, 0) is 6.07 Å². The number of nitrogens with one attached hydrogen (secondary N) is 1. The van der Waals surface area contributed by atoms with Crippen LogP contribution in [-0.2, 0) is 0 Å². The average Bonchev–Trinajstić information content (AvgIpc) is 2.15. The number of halogens is 2. The van der Waals surface area contributed by atoms with Gasteiger partial charge in [0.25, 0.3) is 5.91 Å². The molecule has 74 valence electrons. The summed E-state index contributed by atoms with van der Waals surface area (Å²) in [7, 11) is 0. The van der Waals surface area contributed by atoms with Gasteiger partial charge in [0.15, 0.2) is 5.82 Å². The highest BCUT2D eigenvalue weighted by Gasteiger charge is 2.10. The molecule has 0 bridgehead atoms. The summed E-state index contributed by atoms with van der Waals surface area (Å²) >= 11 is 3.08. The fraction of sp³-hybridized carbons (Fsp3) is 0.111. The Hall–Kier alpha value is -1.23. The molecule has 14 heavy (non-hydrogen) atoms. The second kappa shape index (κ2) is 4.85. The first-order valence-electron chi connectivity index (χ1n) is 3.82. The first-order valence-corrected chi connectivity index (χ1v) is 4.61. The zero-order valence-electron chi connectivity index (χ0n) is 7.26. The summed E-state index contributed by atoms with van der Waals surface area (Å²) in [5.74, 6) is -1.12. The lowest BCUT2D eigenvalue weighted by Crippen LogP contribution is -2.25. The molecule has 0 saturated heterocycles. The molecule has 1 rings (SSSR count). The van der Waals surface area contributed by atoms with Crippen molar-refractivity contribution in [1.82, 2.24) is 10.3 Å². The summed E-state index contributed by atoms with van der Waals surface area (Å²) in [5, 5.41) is 2.49. The SMILES string of the molecule is C=C(Br)CNC(=O)c1ccncc1F. The van der Waals surface area contributed by atoms with Crippen molar-refractivity contribution in [2.24, 2.45) is 0 Å². The fourth-order valence-electron chi connectivity index (χ4n) is 0.831. The van der Waals surface area contributed by atoms with Gasteiger partial charge in [-0.2, -0.15) is 0 Å². The molecule has 0 spiro atoms. The Morgan fingerprint density at radius 2 is 2.43 bits per heavy atom. The molecular weight excluding hydrogens is 251 g/mol. The van der Waals surface area contributed by atoms with Crippen molar-refractivity contribution in [2.45, 2.75) is 0 Å². The van der Waals surface area contributed by atoms with Crippen LogP contribution < -0.4 is 5.32 Å². The largest absolute Gasteiger partial charge is 0.347 e. The van der Waals surface area contributed by atoms with E-state index in [2.05, 4.69) is 32.8 Å². The van der Waals surface area contributed by atoms with Crippen LogP contribution in [0, 0.1) is 5.82 Å². The van der Waals surface area contributed by atoms with E-state index in [1.165, 1.54) is 12.3 Å². The topological polar surface area (TPSA) is 42.0 Å². The van der Waals surface area contributed by atoms with Gasteiger partial charge in [-0.25, -0.2) is 4.39 Å². The number of amides is 1. The molecule has 0 radical (unpaired) electrons. The smallest absolute Gasteiger partial charge is 0.254 e. The van der Waals surface area contributed by atoms with Gasteiger partial charge in [0.1, 0.15) is 0 Å². The molecule has 0 saturated carbocycles. The molecule has 0 aliphatic rings. The molecule has 1 heterocycles. The van der Waals surface area contributed by atoms with Crippen molar-refractivity contribution in [3.05, 3.63) is 40.9 Å². The second-order valence-corrected chi connectivity index (χ2v) is 3.68. The molecule has 0 aliphatic heterocycles. The van der Waals surface area contributed by atoms with E-state index in [0.29, 0.717) is 4.48 Å². The normalized spacial score (nSPS) is 9.57. The van der Waals surface area contributed by atoms with Crippen molar-refractivity contribution < 1.29 is 9.18 Å². The third kappa shape index (κ3) is 2.92. The lowest BCUT2D eigenvalue weighted by atomic mass is 10.2. The molecule has 1 N–H and O–H groups in total. The quantitative estimate of drug-likeness (QED) is 0.900. The zero-order chi connectivity index (χ0) is 10.6. The molecule has 0 aliphatic carbocycles. The van der Waals surface area contributed by atoms with Crippen molar-refractivity contribution in [1.29, 1.82) is 0 Å². The molecule has 1 aromatic rings. The number of hydrogen-bond donors (Lipinski definition) is 1. The molecule has 1 aromatic heterocycles. The molecule has 5 heteroatoms. The highest BCUT2D eigenvalue weighted by atomic mass is 79.9. The first kappa shape index (κ1) is 10.8. The van der Waals surface area contributed by atoms with Gasteiger partial charge in [-0.1, -0.05) is 22.5 Å². The van der Waals surface area contributed by atoms with E-state index in [1.807, 2.05) is 0 Å². The van der Waals surface area contributed by atoms with E-state index < -0.39 is 11.7 Å². The number of pyridine rings is 1. The predicted molar refractivity (Wildman–Crippen MR) is 54.6 cm³/mol. The van der Waals surface area contributed by atoms with Crippen LogP contribution in [0.1, 0.15) is 10.4 Å². The standard InChI is InChI=1S/C9H8BrFN2O/c1-6(10)4-13-9(14)7-2-3-12-5-8(7)11/h2-3,5H,1,4H2,(H,13,14). The molecule has 0 aromatic carbocycles. The number of carbonyl (C=O) groups excluding carboxylic acids is 1. The summed E-state index contributed by atoms with van der Waals surface area (Å²) < 4.78 is 13.6. The van der Waals surface area contributed by atoms with Gasteiger partial charge in [-0.15, -0.1) is 0 Å². The van der Waals surface area contributed by atoms with Crippen molar-refractivity contribution in [2.75, 3.05) is 6.54 Å². The second-order valence-electron chi connectivity index (χ2n) is 2.56. The van der Waals surface area contributed by atoms with Gasteiger partial charge in [0.05, 0.1) is 11.8 Å². The Labute approximate surface area is 89.2 Å². The summed E-state index contributed by atoms with van der Waals surface area (Å²) in [4.78, 5) is 14.9. The van der Waals surface area contributed by atoms with Crippen LogP contribution in [0.15, 0.2) is 29.5 Å². The maximum absolute atomic E-state index is 13.0. The summed E-state index contributed by atoms with van der Waals surface area (Å²) in [5.41, 5.74) is -0.0197. The van der Waals surface area contributed by atoms with Crippen LogP contribution in [-0.4, -0.2) is 17.4 Å². The summed E-state index contributed by atoms with van der Waals surface area (Å²) in [6.07, 6.45) is 2.36. The van der Waals surface area contributed by atoms with Crippen LogP contribution in [0.5, 0.6) is 0 Å².